The van der Waals surface area contributed by atoms with Gasteiger partial charge in [0.2, 0.25) is 0 Å². The predicted molar refractivity (Wildman–Crippen MR) is 50.8 cm³/mol. The van der Waals surface area contributed by atoms with Crippen LogP contribution in [0.15, 0.2) is 12.1 Å². The van der Waals surface area contributed by atoms with Crippen LogP contribution in [0.1, 0.15) is 11.1 Å². The Bertz CT molecular complexity index is 399. The Kier molecular flexibility index (Phi) is 2.94. The van der Waals surface area contributed by atoms with E-state index >= 15 is 0 Å². The Morgan fingerprint density at radius 1 is 1.54 bits per heavy atom. The Balaban J connectivity index is 3.28. The molecule has 0 bridgehead atoms. The fourth-order valence-corrected chi connectivity index (χ4v) is 1.21. The van der Waals surface area contributed by atoms with Gasteiger partial charge >= 0.3 is 0 Å². The average Bonchev–Trinajstić information content (AvgIpc) is 2.09. The monoisotopic (exact) mass is 194 g/mol. The van der Waals surface area contributed by atoms with Gasteiger partial charge in [0.1, 0.15) is 5.75 Å². The van der Waals surface area contributed by atoms with Crippen molar-refractivity contribution in [3.63, 3.8) is 0 Å². The number of carbonyl (C=O) groups is 1. The van der Waals surface area contributed by atoms with E-state index in [1.54, 1.807) is 13.0 Å². The smallest absolute Gasteiger partial charge is 0.193 e. The molecule has 2 nitrogen and oxygen atoms in total. The third-order valence-electron chi connectivity index (χ3n) is 1.53. The molecular weight excluding hydrogens is 188 g/mol. The summed E-state index contributed by atoms with van der Waals surface area (Å²) in [6.45, 7) is 1.72. The minimum absolute atomic E-state index is 0.0683. The van der Waals surface area contributed by atoms with Crippen molar-refractivity contribution in [2.45, 2.75) is 6.92 Å². The van der Waals surface area contributed by atoms with Crippen molar-refractivity contribution in [2.75, 3.05) is 0 Å². The lowest BCUT2D eigenvalue weighted by Gasteiger charge is -2.01. The molecule has 0 aliphatic rings. The second-order valence-electron chi connectivity index (χ2n) is 2.51. The van der Waals surface area contributed by atoms with Crippen LogP contribution in [0.4, 0.5) is 0 Å². The number of carbonyl (C=O) groups excluding carboxylic acids is 1. The lowest BCUT2D eigenvalue weighted by atomic mass is 10.1. The lowest BCUT2D eigenvalue weighted by Crippen LogP contribution is -1.82. The molecule has 3 heteroatoms. The Hall–Kier alpha value is -1.46. The normalized spacial score (nSPS) is 8.77. The third-order valence-corrected chi connectivity index (χ3v) is 1.75. The molecule has 1 rings (SSSR count). The second kappa shape index (κ2) is 3.97. The van der Waals surface area contributed by atoms with Crippen LogP contribution in [-0.4, -0.2) is 11.4 Å². The molecule has 1 aromatic carbocycles. The number of aryl methyl sites for hydroxylation is 1. The van der Waals surface area contributed by atoms with Gasteiger partial charge in [0, 0.05) is 5.02 Å². The summed E-state index contributed by atoms with van der Waals surface area (Å²) in [5.74, 6) is 4.77. The van der Waals surface area contributed by atoms with E-state index in [1.807, 2.05) is 0 Å². The van der Waals surface area contributed by atoms with E-state index in [2.05, 4.69) is 11.8 Å². The molecule has 0 spiro atoms. The molecule has 0 radical (unpaired) electrons. The molecule has 1 N–H and O–H groups in total. The van der Waals surface area contributed by atoms with Gasteiger partial charge in [0.25, 0.3) is 0 Å². The number of hydrogen-bond acceptors (Lipinski definition) is 2. The molecule has 0 fully saturated rings. The minimum Gasteiger partial charge on any atom is -0.506 e. The van der Waals surface area contributed by atoms with Crippen LogP contribution in [0, 0.1) is 18.8 Å². The maximum Gasteiger partial charge on any atom is 0.193 e. The third kappa shape index (κ3) is 2.24. The van der Waals surface area contributed by atoms with Crippen molar-refractivity contribution in [3.8, 4) is 17.6 Å². The predicted octanol–water partition coefficient (Wildman–Crippen LogP) is 1.90. The molecule has 13 heavy (non-hydrogen) atoms. The first-order valence-corrected chi connectivity index (χ1v) is 3.97. The lowest BCUT2D eigenvalue weighted by molar-refractivity contribution is -0.103. The van der Waals surface area contributed by atoms with Crippen molar-refractivity contribution >= 4 is 17.9 Å². The highest BCUT2D eigenvalue weighted by Gasteiger charge is 2.03. The maximum atomic E-state index is 9.97. The summed E-state index contributed by atoms with van der Waals surface area (Å²) in [7, 11) is 0. The summed E-state index contributed by atoms with van der Waals surface area (Å²) in [5, 5.41) is 9.96. The van der Waals surface area contributed by atoms with Crippen molar-refractivity contribution in [2.24, 2.45) is 0 Å². The van der Waals surface area contributed by atoms with E-state index in [1.165, 1.54) is 6.07 Å². The molecular formula is C10H7ClO2. The molecule has 0 heterocycles. The van der Waals surface area contributed by atoms with Crippen LogP contribution >= 0.6 is 11.6 Å². The number of aromatic hydroxyl groups is 1. The van der Waals surface area contributed by atoms with Gasteiger partial charge in [-0.2, -0.15) is 0 Å². The first-order chi connectivity index (χ1) is 6.15. The van der Waals surface area contributed by atoms with Crippen molar-refractivity contribution in [1.29, 1.82) is 0 Å². The molecule has 0 unspecified atom stereocenters. The highest BCUT2D eigenvalue weighted by Crippen LogP contribution is 2.25. The maximum absolute atomic E-state index is 9.97. The quantitative estimate of drug-likeness (QED) is 0.506. The highest BCUT2D eigenvalue weighted by molar-refractivity contribution is 6.30. The number of benzene rings is 1. The largest absolute Gasteiger partial charge is 0.506 e. The molecule has 1 aromatic rings. The molecule has 0 aliphatic carbocycles. The summed E-state index contributed by atoms with van der Waals surface area (Å²) < 4.78 is 0. The minimum atomic E-state index is 0.0683. The number of hydrogen-bond donors (Lipinski definition) is 1. The van der Waals surface area contributed by atoms with E-state index < -0.39 is 0 Å². The van der Waals surface area contributed by atoms with Crippen molar-refractivity contribution < 1.29 is 9.90 Å². The van der Waals surface area contributed by atoms with E-state index in [0.717, 1.165) is 0 Å². The van der Waals surface area contributed by atoms with E-state index in [0.29, 0.717) is 22.4 Å². The van der Waals surface area contributed by atoms with Gasteiger partial charge in [-0.1, -0.05) is 17.5 Å². The van der Waals surface area contributed by atoms with Crippen LogP contribution in [0.3, 0.4) is 0 Å². The molecule has 0 amide bonds. The summed E-state index contributed by atoms with van der Waals surface area (Å²) in [6.07, 6.45) is 0.468. The van der Waals surface area contributed by atoms with Crippen LogP contribution in [-0.2, 0) is 4.79 Å². The van der Waals surface area contributed by atoms with Gasteiger partial charge in [-0.25, -0.2) is 0 Å². The fourth-order valence-electron chi connectivity index (χ4n) is 0.938. The topological polar surface area (TPSA) is 37.3 Å². The zero-order valence-corrected chi connectivity index (χ0v) is 7.72. The zero-order valence-electron chi connectivity index (χ0n) is 6.97. The number of aldehydes is 1. The van der Waals surface area contributed by atoms with Gasteiger partial charge in [-0.3, -0.25) is 4.79 Å². The van der Waals surface area contributed by atoms with Gasteiger partial charge in [-0.05, 0) is 30.5 Å². The van der Waals surface area contributed by atoms with Gasteiger partial charge in [-0.15, -0.1) is 0 Å². The SMILES string of the molecule is Cc1cc(Cl)cc(C#CC=O)c1O. The average molecular weight is 195 g/mol. The van der Waals surface area contributed by atoms with Crippen LogP contribution in [0.5, 0.6) is 5.75 Å². The van der Waals surface area contributed by atoms with Gasteiger partial charge in [0.05, 0.1) is 5.56 Å². The molecule has 0 aliphatic heterocycles. The summed E-state index contributed by atoms with van der Waals surface area (Å²) >= 11 is 5.73. The highest BCUT2D eigenvalue weighted by atomic mass is 35.5. The first-order valence-electron chi connectivity index (χ1n) is 3.59. The van der Waals surface area contributed by atoms with E-state index in [4.69, 9.17) is 11.6 Å². The summed E-state index contributed by atoms with van der Waals surface area (Å²) in [4.78, 5) is 9.97. The fraction of sp³-hybridized carbons (Fsp3) is 0.100. The van der Waals surface area contributed by atoms with E-state index in [9.17, 15) is 9.90 Å². The Morgan fingerprint density at radius 3 is 2.85 bits per heavy atom. The summed E-state index contributed by atoms with van der Waals surface area (Å²) in [6, 6.07) is 3.14. The number of phenols is 1. The van der Waals surface area contributed by atoms with Crippen LogP contribution in [0.25, 0.3) is 0 Å². The first kappa shape index (κ1) is 9.63. The second-order valence-corrected chi connectivity index (χ2v) is 2.94. The summed E-state index contributed by atoms with van der Waals surface area (Å²) in [5.41, 5.74) is 1.01. The number of rotatable bonds is 0. The van der Waals surface area contributed by atoms with E-state index in [-0.39, 0.29) is 5.75 Å². The van der Waals surface area contributed by atoms with Gasteiger partial charge in [0.15, 0.2) is 6.29 Å². The zero-order chi connectivity index (χ0) is 9.84. The number of halogens is 1. The molecule has 66 valence electrons. The molecule has 0 atom stereocenters. The molecule has 0 saturated carbocycles. The van der Waals surface area contributed by atoms with Crippen LogP contribution in [0.2, 0.25) is 5.02 Å². The van der Waals surface area contributed by atoms with Gasteiger partial charge < -0.3 is 5.11 Å². The van der Waals surface area contributed by atoms with Crippen LogP contribution < -0.4 is 0 Å². The Morgan fingerprint density at radius 2 is 2.23 bits per heavy atom. The Labute approximate surface area is 81.1 Å². The van der Waals surface area contributed by atoms with Crippen molar-refractivity contribution in [1.82, 2.24) is 0 Å². The standard InChI is InChI=1S/C10H7ClO2/c1-7-5-9(11)6-8(10(7)13)3-2-4-12/h4-6,13H,1H3. The van der Waals surface area contributed by atoms with Crippen molar-refractivity contribution in [3.05, 3.63) is 28.3 Å². The molecule has 0 saturated heterocycles. The number of phenolic OH excluding ortho intramolecular Hbond substituents is 1. The molecule has 0 aromatic heterocycles.